The third kappa shape index (κ3) is 6.29. The lowest BCUT2D eigenvalue weighted by atomic mass is 9.95. The maximum absolute atomic E-state index is 12.9. The van der Waals surface area contributed by atoms with Gasteiger partial charge in [-0.25, -0.2) is 0 Å². The summed E-state index contributed by atoms with van der Waals surface area (Å²) in [7, 11) is 0. The molecular formula is C24H35N3O4. The lowest BCUT2D eigenvalue weighted by Gasteiger charge is -2.30. The Kier molecular flexibility index (Phi) is 8.07. The van der Waals surface area contributed by atoms with Crippen LogP contribution in [0, 0.1) is 11.8 Å². The fraction of sp³-hybridized carbons (Fsp3) is 0.625. The smallest absolute Gasteiger partial charge is 0.251 e. The molecule has 3 rings (SSSR count). The van der Waals surface area contributed by atoms with Crippen molar-refractivity contribution < 1.29 is 19.1 Å². The highest BCUT2D eigenvalue weighted by atomic mass is 16.5. The van der Waals surface area contributed by atoms with Gasteiger partial charge in [-0.3, -0.25) is 14.4 Å². The van der Waals surface area contributed by atoms with Crippen molar-refractivity contribution in [3.05, 3.63) is 29.8 Å². The Balaban J connectivity index is 1.64. The van der Waals surface area contributed by atoms with Crippen molar-refractivity contribution in [3.8, 4) is 0 Å². The van der Waals surface area contributed by atoms with Gasteiger partial charge in [0, 0.05) is 30.3 Å². The summed E-state index contributed by atoms with van der Waals surface area (Å²) in [5, 5.41) is 5.72. The number of Topliss-reactive ketones (excluding diaryl/α,β-unsaturated/α-hetero) is 1. The van der Waals surface area contributed by atoms with Crippen LogP contribution in [-0.4, -0.2) is 56.0 Å². The molecule has 2 saturated heterocycles. The summed E-state index contributed by atoms with van der Waals surface area (Å²) in [6.45, 7) is 8.42. The van der Waals surface area contributed by atoms with Gasteiger partial charge in [-0.2, -0.15) is 0 Å². The number of piperidine rings is 1. The van der Waals surface area contributed by atoms with E-state index in [1.165, 1.54) is 19.3 Å². The SMILES string of the molecule is CC(C)CC(NC(=O)c1ccc(N2CCCCC2)cc1)C(=O)N[C@@H]1C(=O)COC[C@H]1C. The maximum Gasteiger partial charge on any atom is 0.251 e. The number of hydrogen-bond acceptors (Lipinski definition) is 5. The van der Waals surface area contributed by atoms with E-state index in [4.69, 9.17) is 4.74 Å². The summed E-state index contributed by atoms with van der Waals surface area (Å²) in [6, 6.07) is 6.30. The third-order valence-electron chi connectivity index (χ3n) is 6.02. The van der Waals surface area contributed by atoms with E-state index in [0.717, 1.165) is 18.8 Å². The molecule has 2 heterocycles. The Morgan fingerprint density at radius 2 is 1.81 bits per heavy atom. The molecule has 2 fully saturated rings. The standard InChI is InChI=1S/C24H35N3O4/c1-16(2)13-20(24(30)26-22-17(3)14-31-15-21(22)28)25-23(29)18-7-9-19(10-8-18)27-11-5-4-6-12-27/h7-10,16-17,20,22H,4-6,11-15H2,1-3H3,(H,25,29)(H,26,30)/t17-,20?,22+/m1/s1. The van der Waals surface area contributed by atoms with Crippen LogP contribution in [0.25, 0.3) is 0 Å². The molecule has 1 aromatic rings. The number of nitrogens with one attached hydrogen (secondary N) is 2. The number of rotatable bonds is 7. The van der Waals surface area contributed by atoms with Crippen molar-refractivity contribution in [2.24, 2.45) is 11.8 Å². The molecule has 2 aliphatic rings. The summed E-state index contributed by atoms with van der Waals surface area (Å²) in [6.07, 6.45) is 4.16. The van der Waals surface area contributed by atoms with Crippen molar-refractivity contribution in [2.75, 3.05) is 31.2 Å². The average molecular weight is 430 g/mol. The first-order valence-electron chi connectivity index (χ1n) is 11.4. The minimum atomic E-state index is -0.697. The second kappa shape index (κ2) is 10.8. The minimum absolute atomic E-state index is 0.0137. The first kappa shape index (κ1) is 23.3. The van der Waals surface area contributed by atoms with E-state index < -0.39 is 12.1 Å². The number of hydrogen-bond donors (Lipinski definition) is 2. The quantitative estimate of drug-likeness (QED) is 0.696. The molecule has 0 spiro atoms. The summed E-state index contributed by atoms with van der Waals surface area (Å²) in [5.74, 6) is -0.616. The van der Waals surface area contributed by atoms with Crippen LogP contribution in [0.2, 0.25) is 0 Å². The molecule has 1 unspecified atom stereocenters. The first-order chi connectivity index (χ1) is 14.8. The van der Waals surface area contributed by atoms with Gasteiger partial charge in [0.2, 0.25) is 5.91 Å². The van der Waals surface area contributed by atoms with Crippen molar-refractivity contribution in [1.82, 2.24) is 10.6 Å². The molecule has 170 valence electrons. The van der Waals surface area contributed by atoms with E-state index in [0.29, 0.717) is 18.6 Å². The second-order valence-corrected chi connectivity index (χ2v) is 9.20. The Morgan fingerprint density at radius 1 is 1.13 bits per heavy atom. The molecule has 7 nitrogen and oxygen atoms in total. The number of benzene rings is 1. The molecule has 1 aromatic carbocycles. The molecule has 2 N–H and O–H groups in total. The van der Waals surface area contributed by atoms with Gasteiger partial charge >= 0.3 is 0 Å². The monoisotopic (exact) mass is 429 g/mol. The van der Waals surface area contributed by atoms with Gasteiger partial charge in [0.15, 0.2) is 5.78 Å². The highest BCUT2D eigenvalue weighted by Gasteiger charge is 2.33. The van der Waals surface area contributed by atoms with Crippen LogP contribution < -0.4 is 15.5 Å². The Labute approximate surface area is 184 Å². The van der Waals surface area contributed by atoms with Gasteiger partial charge in [-0.1, -0.05) is 20.8 Å². The van der Waals surface area contributed by atoms with Gasteiger partial charge < -0.3 is 20.3 Å². The number of ether oxygens (including phenoxy) is 1. The van der Waals surface area contributed by atoms with Crippen LogP contribution in [0.1, 0.15) is 56.8 Å². The summed E-state index contributed by atoms with van der Waals surface area (Å²) < 4.78 is 5.23. The van der Waals surface area contributed by atoms with Gasteiger partial charge in [0.1, 0.15) is 12.6 Å². The molecule has 0 saturated carbocycles. The number of anilines is 1. The zero-order chi connectivity index (χ0) is 22.4. The van der Waals surface area contributed by atoms with Crippen LogP contribution in [0.4, 0.5) is 5.69 Å². The van der Waals surface area contributed by atoms with Crippen LogP contribution in [0.3, 0.4) is 0 Å². The number of carbonyl (C=O) groups is 3. The molecule has 2 amide bonds. The topological polar surface area (TPSA) is 87.7 Å². The maximum atomic E-state index is 12.9. The fourth-order valence-corrected chi connectivity index (χ4v) is 4.25. The van der Waals surface area contributed by atoms with Gasteiger partial charge in [-0.15, -0.1) is 0 Å². The highest BCUT2D eigenvalue weighted by Crippen LogP contribution is 2.20. The predicted molar refractivity (Wildman–Crippen MR) is 120 cm³/mol. The van der Waals surface area contributed by atoms with Crippen molar-refractivity contribution >= 4 is 23.3 Å². The zero-order valence-electron chi connectivity index (χ0n) is 18.9. The predicted octanol–water partition coefficient (Wildman–Crippen LogP) is 2.54. The van der Waals surface area contributed by atoms with Gasteiger partial charge in [0.05, 0.1) is 12.6 Å². The molecule has 0 bridgehead atoms. The van der Waals surface area contributed by atoms with E-state index in [-0.39, 0.29) is 36.0 Å². The van der Waals surface area contributed by atoms with E-state index in [2.05, 4.69) is 15.5 Å². The normalized spacial score (nSPS) is 22.8. The van der Waals surface area contributed by atoms with Crippen molar-refractivity contribution in [3.63, 3.8) is 0 Å². The minimum Gasteiger partial charge on any atom is -0.373 e. The summed E-state index contributed by atoms with van der Waals surface area (Å²) in [5.41, 5.74) is 1.65. The first-order valence-corrected chi connectivity index (χ1v) is 11.4. The van der Waals surface area contributed by atoms with E-state index in [9.17, 15) is 14.4 Å². The van der Waals surface area contributed by atoms with Crippen LogP contribution in [-0.2, 0) is 14.3 Å². The molecule has 3 atom stereocenters. The van der Waals surface area contributed by atoms with Crippen LogP contribution in [0.5, 0.6) is 0 Å². The average Bonchev–Trinajstić information content (AvgIpc) is 2.76. The molecule has 2 aliphatic heterocycles. The second-order valence-electron chi connectivity index (χ2n) is 9.20. The van der Waals surface area contributed by atoms with E-state index in [1.54, 1.807) is 0 Å². The Bertz CT molecular complexity index is 772. The lowest BCUT2D eigenvalue weighted by Crippen LogP contribution is -2.56. The van der Waals surface area contributed by atoms with E-state index >= 15 is 0 Å². The number of ketones is 1. The zero-order valence-corrected chi connectivity index (χ0v) is 18.9. The number of carbonyl (C=O) groups excluding carboxylic acids is 3. The van der Waals surface area contributed by atoms with Crippen molar-refractivity contribution in [1.29, 1.82) is 0 Å². The highest BCUT2D eigenvalue weighted by molar-refractivity contribution is 5.99. The molecule has 0 radical (unpaired) electrons. The molecular weight excluding hydrogens is 394 g/mol. The number of amides is 2. The molecule has 0 aliphatic carbocycles. The van der Waals surface area contributed by atoms with E-state index in [1.807, 2.05) is 45.0 Å². The van der Waals surface area contributed by atoms with Crippen LogP contribution >= 0.6 is 0 Å². The largest absolute Gasteiger partial charge is 0.373 e. The molecule has 0 aromatic heterocycles. The Morgan fingerprint density at radius 3 is 2.42 bits per heavy atom. The van der Waals surface area contributed by atoms with Crippen molar-refractivity contribution in [2.45, 2.75) is 58.5 Å². The van der Waals surface area contributed by atoms with Gasteiger partial charge in [-0.05, 0) is 55.9 Å². The summed E-state index contributed by atoms with van der Waals surface area (Å²) >= 11 is 0. The third-order valence-corrected chi connectivity index (χ3v) is 6.02. The van der Waals surface area contributed by atoms with Crippen LogP contribution in [0.15, 0.2) is 24.3 Å². The summed E-state index contributed by atoms with van der Waals surface area (Å²) in [4.78, 5) is 40.3. The lowest BCUT2D eigenvalue weighted by molar-refractivity contribution is -0.137. The van der Waals surface area contributed by atoms with Gasteiger partial charge in [0.25, 0.3) is 5.91 Å². The fourth-order valence-electron chi connectivity index (χ4n) is 4.25. The molecule has 7 heteroatoms. The molecule has 31 heavy (non-hydrogen) atoms. The Hall–Kier alpha value is -2.41. The number of nitrogens with zero attached hydrogens (tertiary/aromatic N) is 1.